The maximum Gasteiger partial charge on any atom is 0.411 e. The second-order valence-electron chi connectivity index (χ2n) is 4.80. The molecule has 0 saturated carbocycles. The van der Waals surface area contributed by atoms with Gasteiger partial charge in [-0.05, 0) is 30.3 Å². The van der Waals surface area contributed by atoms with Crippen LogP contribution in [0, 0.1) is 5.82 Å². The van der Waals surface area contributed by atoms with Crippen LogP contribution in [-0.4, -0.2) is 25.7 Å². The van der Waals surface area contributed by atoms with Crippen molar-refractivity contribution >= 4 is 17.7 Å². The van der Waals surface area contributed by atoms with Crippen molar-refractivity contribution in [3.63, 3.8) is 0 Å². The Bertz CT molecular complexity index is 704. The molecular formula is C17H17FN2O4. The van der Waals surface area contributed by atoms with Gasteiger partial charge in [-0.1, -0.05) is 18.2 Å². The predicted molar refractivity (Wildman–Crippen MR) is 86.2 cm³/mol. The van der Waals surface area contributed by atoms with E-state index in [-0.39, 0.29) is 24.9 Å². The van der Waals surface area contributed by atoms with Gasteiger partial charge in [-0.15, -0.1) is 0 Å². The number of carbonyl (C=O) groups excluding carboxylic acids is 2. The molecule has 0 aliphatic heterocycles. The van der Waals surface area contributed by atoms with Crippen LogP contribution < -0.4 is 15.4 Å². The second kappa shape index (κ2) is 8.52. The fourth-order valence-electron chi connectivity index (χ4n) is 1.84. The Kier molecular flexibility index (Phi) is 6.13. The average Bonchev–Trinajstić information content (AvgIpc) is 2.60. The summed E-state index contributed by atoms with van der Waals surface area (Å²) in [5.74, 6) is -0.270. The van der Waals surface area contributed by atoms with Gasteiger partial charge in [0.25, 0.3) is 5.91 Å². The monoisotopic (exact) mass is 332 g/mol. The largest absolute Gasteiger partial charge is 0.484 e. The zero-order valence-electron chi connectivity index (χ0n) is 13.0. The summed E-state index contributed by atoms with van der Waals surface area (Å²) in [4.78, 5) is 22.8. The number of nitrogens with one attached hydrogen (secondary N) is 2. The second-order valence-corrected chi connectivity index (χ2v) is 4.80. The number of anilines is 1. The Morgan fingerprint density at radius 3 is 2.46 bits per heavy atom. The van der Waals surface area contributed by atoms with Gasteiger partial charge in [0.05, 0.1) is 7.11 Å². The molecular weight excluding hydrogens is 315 g/mol. The number of ether oxygens (including phenoxy) is 2. The van der Waals surface area contributed by atoms with Crippen molar-refractivity contribution < 1.29 is 23.5 Å². The maximum absolute atomic E-state index is 13.4. The molecule has 2 N–H and O–H groups in total. The third-order valence-corrected chi connectivity index (χ3v) is 3.09. The molecule has 0 heterocycles. The Hall–Kier alpha value is -3.09. The molecule has 0 atom stereocenters. The summed E-state index contributed by atoms with van der Waals surface area (Å²) in [6.07, 6.45) is -0.573. The highest BCUT2D eigenvalue weighted by atomic mass is 19.1. The quantitative estimate of drug-likeness (QED) is 0.853. The van der Waals surface area contributed by atoms with Crippen LogP contribution in [0.3, 0.4) is 0 Å². The molecule has 7 heteroatoms. The molecule has 0 fully saturated rings. The van der Waals surface area contributed by atoms with Gasteiger partial charge in [-0.25, -0.2) is 9.18 Å². The van der Waals surface area contributed by atoms with E-state index in [1.165, 1.54) is 13.2 Å². The van der Waals surface area contributed by atoms with Gasteiger partial charge in [0.15, 0.2) is 6.61 Å². The first-order valence-electron chi connectivity index (χ1n) is 7.16. The summed E-state index contributed by atoms with van der Waals surface area (Å²) in [5, 5.41) is 5.07. The van der Waals surface area contributed by atoms with Crippen molar-refractivity contribution in [3.05, 3.63) is 59.9 Å². The molecule has 0 aliphatic rings. The molecule has 0 spiro atoms. The Labute approximate surface area is 138 Å². The lowest BCUT2D eigenvalue weighted by atomic mass is 10.2. The SMILES string of the molecule is COC(=O)Nc1ccc(OCC(=O)NCc2ccccc2F)cc1. The van der Waals surface area contributed by atoms with E-state index < -0.39 is 6.09 Å². The summed E-state index contributed by atoms with van der Waals surface area (Å²) in [7, 11) is 1.27. The smallest absolute Gasteiger partial charge is 0.411 e. The van der Waals surface area contributed by atoms with Crippen molar-refractivity contribution in [2.45, 2.75) is 6.54 Å². The first kappa shape index (κ1) is 17.3. The number of carbonyl (C=O) groups is 2. The Morgan fingerprint density at radius 2 is 1.79 bits per heavy atom. The predicted octanol–water partition coefficient (Wildman–Crippen LogP) is 2.70. The zero-order valence-corrected chi connectivity index (χ0v) is 13.0. The zero-order chi connectivity index (χ0) is 17.4. The topological polar surface area (TPSA) is 76.7 Å². The van der Waals surface area contributed by atoms with Gasteiger partial charge in [0.1, 0.15) is 11.6 Å². The summed E-state index contributed by atoms with van der Waals surface area (Å²) >= 11 is 0. The van der Waals surface area contributed by atoms with Crippen molar-refractivity contribution in [1.82, 2.24) is 5.32 Å². The highest BCUT2D eigenvalue weighted by molar-refractivity contribution is 5.84. The standard InChI is InChI=1S/C17H17FN2O4/c1-23-17(22)20-13-6-8-14(9-7-13)24-11-16(21)19-10-12-4-2-3-5-15(12)18/h2-9H,10-11H2,1H3,(H,19,21)(H,20,22). The minimum absolute atomic E-state index is 0.0941. The third kappa shape index (κ3) is 5.28. The van der Waals surface area contributed by atoms with Crippen LogP contribution in [-0.2, 0) is 16.1 Å². The van der Waals surface area contributed by atoms with E-state index in [4.69, 9.17) is 4.74 Å². The molecule has 0 unspecified atom stereocenters. The van der Waals surface area contributed by atoms with E-state index in [1.54, 1.807) is 42.5 Å². The molecule has 0 radical (unpaired) electrons. The minimum atomic E-state index is -0.573. The number of methoxy groups -OCH3 is 1. The van der Waals surface area contributed by atoms with Crippen molar-refractivity contribution in [2.75, 3.05) is 19.0 Å². The fraction of sp³-hybridized carbons (Fsp3) is 0.176. The normalized spacial score (nSPS) is 9.92. The molecule has 0 saturated heterocycles. The molecule has 2 aromatic carbocycles. The van der Waals surface area contributed by atoms with Crippen molar-refractivity contribution in [3.8, 4) is 5.75 Å². The van der Waals surface area contributed by atoms with Gasteiger partial charge in [-0.3, -0.25) is 10.1 Å². The van der Waals surface area contributed by atoms with Crippen LogP contribution in [0.2, 0.25) is 0 Å². The van der Waals surface area contributed by atoms with Crippen LogP contribution in [0.25, 0.3) is 0 Å². The number of hydrogen-bond acceptors (Lipinski definition) is 4. The maximum atomic E-state index is 13.4. The molecule has 126 valence electrons. The number of hydrogen-bond donors (Lipinski definition) is 2. The summed E-state index contributed by atoms with van der Waals surface area (Å²) in [5.41, 5.74) is 0.947. The number of rotatable bonds is 6. The lowest BCUT2D eigenvalue weighted by Crippen LogP contribution is -2.28. The Morgan fingerprint density at radius 1 is 1.08 bits per heavy atom. The van der Waals surface area contributed by atoms with E-state index >= 15 is 0 Å². The molecule has 2 rings (SSSR count). The molecule has 2 aromatic rings. The van der Waals surface area contributed by atoms with E-state index in [0.29, 0.717) is 17.0 Å². The molecule has 6 nitrogen and oxygen atoms in total. The van der Waals surface area contributed by atoms with Gasteiger partial charge < -0.3 is 14.8 Å². The van der Waals surface area contributed by atoms with Crippen LogP contribution in [0.1, 0.15) is 5.56 Å². The number of benzene rings is 2. The highest BCUT2D eigenvalue weighted by Gasteiger charge is 2.06. The molecule has 24 heavy (non-hydrogen) atoms. The van der Waals surface area contributed by atoms with Crippen molar-refractivity contribution in [2.24, 2.45) is 0 Å². The minimum Gasteiger partial charge on any atom is -0.484 e. The lowest BCUT2D eigenvalue weighted by molar-refractivity contribution is -0.123. The highest BCUT2D eigenvalue weighted by Crippen LogP contribution is 2.15. The van der Waals surface area contributed by atoms with Gasteiger partial charge in [0.2, 0.25) is 0 Å². The van der Waals surface area contributed by atoms with Crippen LogP contribution >= 0.6 is 0 Å². The third-order valence-electron chi connectivity index (χ3n) is 3.09. The average molecular weight is 332 g/mol. The molecule has 0 aliphatic carbocycles. The molecule has 0 aromatic heterocycles. The lowest BCUT2D eigenvalue weighted by Gasteiger charge is -2.09. The van der Waals surface area contributed by atoms with Crippen LogP contribution in [0.5, 0.6) is 5.75 Å². The summed E-state index contributed by atoms with van der Waals surface area (Å²) in [6, 6.07) is 12.7. The first-order chi connectivity index (χ1) is 11.6. The van der Waals surface area contributed by atoms with E-state index in [9.17, 15) is 14.0 Å². The van der Waals surface area contributed by atoms with Crippen LogP contribution in [0.15, 0.2) is 48.5 Å². The number of halogens is 1. The van der Waals surface area contributed by atoms with Crippen LogP contribution in [0.4, 0.5) is 14.9 Å². The van der Waals surface area contributed by atoms with E-state index in [0.717, 1.165) is 0 Å². The van der Waals surface area contributed by atoms with Gasteiger partial charge in [0, 0.05) is 17.8 Å². The number of amides is 2. The van der Waals surface area contributed by atoms with Gasteiger partial charge >= 0.3 is 6.09 Å². The van der Waals surface area contributed by atoms with Gasteiger partial charge in [-0.2, -0.15) is 0 Å². The fourth-order valence-corrected chi connectivity index (χ4v) is 1.84. The molecule has 0 bridgehead atoms. The summed E-state index contributed by atoms with van der Waals surface area (Å²) in [6.45, 7) is -0.102. The van der Waals surface area contributed by atoms with E-state index in [1.807, 2.05) is 0 Å². The van der Waals surface area contributed by atoms with Crippen molar-refractivity contribution in [1.29, 1.82) is 0 Å². The molecule has 2 amide bonds. The Balaban J connectivity index is 1.77. The first-order valence-corrected chi connectivity index (χ1v) is 7.16. The van der Waals surface area contributed by atoms with E-state index in [2.05, 4.69) is 15.4 Å². The summed E-state index contributed by atoms with van der Waals surface area (Å²) < 4.78 is 23.2.